The van der Waals surface area contributed by atoms with Crippen molar-refractivity contribution in [1.82, 2.24) is 10.3 Å². The molecule has 0 radical (unpaired) electrons. The third kappa shape index (κ3) is 2.54. The summed E-state index contributed by atoms with van der Waals surface area (Å²) < 4.78 is 9.63. The number of aromatic nitrogens is 2. The van der Waals surface area contributed by atoms with Gasteiger partial charge in [-0.15, -0.1) is 0 Å². The van der Waals surface area contributed by atoms with E-state index in [0.717, 1.165) is 0 Å². The summed E-state index contributed by atoms with van der Waals surface area (Å²) >= 11 is 0. The SMILES string of the molecule is COc1ccc([N+](=O)[O-])cc1Nc1ccc2nonc2c1[N+](=O)[O-]. The van der Waals surface area contributed by atoms with Gasteiger partial charge in [-0.2, -0.15) is 0 Å². The first-order valence-corrected chi connectivity index (χ1v) is 6.50. The first-order chi connectivity index (χ1) is 11.5. The lowest BCUT2D eigenvalue weighted by Gasteiger charge is -2.11. The van der Waals surface area contributed by atoms with Crippen LogP contribution in [0.2, 0.25) is 0 Å². The number of ether oxygens (including phenoxy) is 1. The van der Waals surface area contributed by atoms with Crippen molar-refractivity contribution in [3.63, 3.8) is 0 Å². The maximum absolute atomic E-state index is 11.4. The summed E-state index contributed by atoms with van der Waals surface area (Å²) in [4.78, 5) is 21.1. The van der Waals surface area contributed by atoms with Gasteiger partial charge in [0.05, 0.1) is 22.6 Å². The standard InChI is InChI=1S/C13H9N5O6/c1-23-11-5-2-7(17(19)20)6-10(11)14-9-4-3-8-12(16-24-15-8)13(9)18(21)22/h2-6,14H,1H3. The van der Waals surface area contributed by atoms with Gasteiger partial charge in [-0.25, -0.2) is 4.63 Å². The number of non-ortho nitro benzene ring substituents is 1. The highest BCUT2D eigenvalue weighted by Gasteiger charge is 2.24. The number of nitrogens with zero attached hydrogens (tertiary/aromatic N) is 4. The number of nitro benzene ring substituents is 2. The Bertz CT molecular complexity index is 953. The molecule has 0 amide bonds. The van der Waals surface area contributed by atoms with E-state index in [1.54, 1.807) is 0 Å². The van der Waals surface area contributed by atoms with Crippen molar-refractivity contribution in [2.45, 2.75) is 0 Å². The Balaban J connectivity index is 2.13. The molecule has 0 aliphatic rings. The Morgan fingerprint density at radius 3 is 2.54 bits per heavy atom. The molecule has 3 rings (SSSR count). The molecule has 1 aromatic heterocycles. The van der Waals surface area contributed by atoms with Gasteiger partial charge in [-0.3, -0.25) is 20.2 Å². The smallest absolute Gasteiger partial charge is 0.323 e. The zero-order valence-electron chi connectivity index (χ0n) is 12.1. The quantitative estimate of drug-likeness (QED) is 0.550. The summed E-state index contributed by atoms with van der Waals surface area (Å²) in [7, 11) is 1.38. The maximum Gasteiger partial charge on any atom is 0.323 e. The highest BCUT2D eigenvalue weighted by Crippen LogP contribution is 2.37. The molecule has 0 unspecified atom stereocenters. The molecule has 0 aliphatic heterocycles. The van der Waals surface area contributed by atoms with Crippen LogP contribution in [0.1, 0.15) is 0 Å². The van der Waals surface area contributed by atoms with Gasteiger partial charge in [0.2, 0.25) is 5.52 Å². The van der Waals surface area contributed by atoms with Crippen molar-refractivity contribution in [1.29, 1.82) is 0 Å². The molecule has 122 valence electrons. The van der Waals surface area contributed by atoms with Crippen LogP contribution in [0.15, 0.2) is 35.0 Å². The normalized spacial score (nSPS) is 10.5. The van der Waals surface area contributed by atoms with Crippen LogP contribution in [0.4, 0.5) is 22.7 Å². The lowest BCUT2D eigenvalue weighted by molar-refractivity contribution is -0.384. The van der Waals surface area contributed by atoms with Crippen molar-refractivity contribution in [3.05, 3.63) is 50.6 Å². The molecule has 1 N–H and O–H groups in total. The fraction of sp³-hybridized carbons (Fsp3) is 0.0769. The summed E-state index contributed by atoms with van der Waals surface area (Å²) in [6.45, 7) is 0. The highest BCUT2D eigenvalue weighted by molar-refractivity contribution is 5.92. The van der Waals surface area contributed by atoms with Gasteiger partial charge in [-0.05, 0) is 28.5 Å². The zero-order valence-corrected chi connectivity index (χ0v) is 12.1. The first kappa shape index (κ1) is 15.1. The molecule has 24 heavy (non-hydrogen) atoms. The molecular weight excluding hydrogens is 322 g/mol. The number of methoxy groups -OCH3 is 1. The number of nitrogens with one attached hydrogen (secondary N) is 1. The van der Waals surface area contributed by atoms with E-state index in [2.05, 4.69) is 20.3 Å². The summed E-state index contributed by atoms with van der Waals surface area (Å²) in [6, 6.07) is 6.76. The summed E-state index contributed by atoms with van der Waals surface area (Å²) in [5, 5.41) is 32.1. The van der Waals surface area contributed by atoms with E-state index in [1.165, 1.54) is 37.4 Å². The van der Waals surface area contributed by atoms with E-state index in [9.17, 15) is 20.2 Å². The molecule has 0 fully saturated rings. The van der Waals surface area contributed by atoms with Crippen LogP contribution in [-0.4, -0.2) is 27.3 Å². The molecule has 0 spiro atoms. The summed E-state index contributed by atoms with van der Waals surface area (Å²) in [5.74, 6) is 0.285. The summed E-state index contributed by atoms with van der Waals surface area (Å²) in [5.41, 5.74) is -0.0901. The van der Waals surface area contributed by atoms with E-state index in [-0.39, 0.29) is 39.5 Å². The average molecular weight is 331 g/mol. The molecule has 2 aromatic carbocycles. The topological polar surface area (TPSA) is 146 Å². The molecule has 11 heteroatoms. The molecule has 0 bridgehead atoms. The van der Waals surface area contributed by atoms with E-state index in [1.807, 2.05) is 0 Å². The monoisotopic (exact) mass is 331 g/mol. The largest absolute Gasteiger partial charge is 0.495 e. The number of rotatable bonds is 5. The molecule has 0 atom stereocenters. The minimum Gasteiger partial charge on any atom is -0.495 e. The number of anilines is 2. The van der Waals surface area contributed by atoms with Gasteiger partial charge in [0.1, 0.15) is 17.0 Å². The fourth-order valence-corrected chi connectivity index (χ4v) is 2.18. The highest BCUT2D eigenvalue weighted by atomic mass is 16.6. The molecule has 0 saturated heterocycles. The molecule has 3 aromatic rings. The minimum atomic E-state index is -0.640. The Kier molecular flexibility index (Phi) is 3.66. The van der Waals surface area contributed by atoms with Crippen LogP contribution in [-0.2, 0) is 0 Å². The maximum atomic E-state index is 11.4. The zero-order chi connectivity index (χ0) is 17.3. The van der Waals surface area contributed by atoms with Crippen molar-refractivity contribution < 1.29 is 19.2 Å². The average Bonchev–Trinajstić information content (AvgIpc) is 3.02. The number of benzene rings is 2. The Morgan fingerprint density at radius 1 is 1.08 bits per heavy atom. The molecule has 0 aliphatic carbocycles. The van der Waals surface area contributed by atoms with Crippen LogP contribution < -0.4 is 10.1 Å². The van der Waals surface area contributed by atoms with E-state index < -0.39 is 9.85 Å². The number of fused-ring (bicyclic) bond motifs is 1. The van der Waals surface area contributed by atoms with E-state index >= 15 is 0 Å². The number of hydrogen-bond donors (Lipinski definition) is 1. The first-order valence-electron chi connectivity index (χ1n) is 6.50. The predicted molar refractivity (Wildman–Crippen MR) is 81.4 cm³/mol. The lowest BCUT2D eigenvalue weighted by Crippen LogP contribution is -2.00. The number of hydrogen-bond acceptors (Lipinski definition) is 9. The fourth-order valence-electron chi connectivity index (χ4n) is 2.18. The van der Waals surface area contributed by atoms with Crippen LogP contribution in [0.5, 0.6) is 5.75 Å². The van der Waals surface area contributed by atoms with Gasteiger partial charge >= 0.3 is 5.69 Å². The van der Waals surface area contributed by atoms with Crippen molar-refractivity contribution in [3.8, 4) is 5.75 Å². The number of nitro groups is 2. The van der Waals surface area contributed by atoms with E-state index in [4.69, 9.17) is 4.74 Å². The minimum absolute atomic E-state index is 0.0330. The van der Waals surface area contributed by atoms with Crippen molar-refractivity contribution in [2.75, 3.05) is 12.4 Å². The van der Waals surface area contributed by atoms with Crippen LogP contribution in [0, 0.1) is 20.2 Å². The van der Waals surface area contributed by atoms with E-state index in [0.29, 0.717) is 0 Å². The van der Waals surface area contributed by atoms with Gasteiger partial charge in [0, 0.05) is 12.1 Å². The van der Waals surface area contributed by atoms with Gasteiger partial charge in [0.15, 0.2) is 0 Å². The molecule has 0 saturated carbocycles. The van der Waals surface area contributed by atoms with Gasteiger partial charge in [0.25, 0.3) is 5.69 Å². The van der Waals surface area contributed by atoms with Gasteiger partial charge < -0.3 is 10.1 Å². The molecule has 11 nitrogen and oxygen atoms in total. The van der Waals surface area contributed by atoms with Crippen LogP contribution >= 0.6 is 0 Å². The predicted octanol–water partition coefficient (Wildman–Crippen LogP) is 2.79. The Labute approximate surface area is 133 Å². The second-order valence-electron chi connectivity index (χ2n) is 4.62. The molecule has 1 heterocycles. The lowest BCUT2D eigenvalue weighted by atomic mass is 10.2. The Hall–Kier alpha value is -3.76. The van der Waals surface area contributed by atoms with Crippen molar-refractivity contribution >= 4 is 33.8 Å². The van der Waals surface area contributed by atoms with Crippen LogP contribution in [0.25, 0.3) is 11.0 Å². The van der Waals surface area contributed by atoms with Crippen molar-refractivity contribution in [2.24, 2.45) is 0 Å². The second-order valence-corrected chi connectivity index (χ2v) is 4.62. The van der Waals surface area contributed by atoms with Crippen LogP contribution in [0.3, 0.4) is 0 Å². The second kappa shape index (κ2) is 5.79. The molecular formula is C13H9N5O6. The third-order valence-corrected chi connectivity index (χ3v) is 3.25. The Morgan fingerprint density at radius 2 is 1.88 bits per heavy atom. The third-order valence-electron chi connectivity index (χ3n) is 3.25. The summed E-state index contributed by atoms with van der Waals surface area (Å²) in [6.07, 6.45) is 0. The van der Waals surface area contributed by atoms with Gasteiger partial charge in [-0.1, -0.05) is 0 Å².